The van der Waals surface area contributed by atoms with Gasteiger partial charge in [0.25, 0.3) is 0 Å². The van der Waals surface area contributed by atoms with Gasteiger partial charge in [-0.25, -0.2) is 0 Å². The summed E-state index contributed by atoms with van der Waals surface area (Å²) in [6, 6.07) is 9.42. The fourth-order valence-corrected chi connectivity index (χ4v) is 1.03. The highest BCUT2D eigenvalue weighted by atomic mass is 16.3. The molecule has 0 aliphatic carbocycles. The lowest BCUT2D eigenvalue weighted by atomic mass is 10.1. The zero-order valence-electron chi connectivity index (χ0n) is 7.57. The van der Waals surface area contributed by atoms with Crippen LogP contribution in [0.25, 0.3) is 0 Å². The van der Waals surface area contributed by atoms with Crippen LogP contribution in [0.15, 0.2) is 42.0 Å². The Hall–Kier alpha value is -1.52. The molecular formula is C12H12O. The molecule has 0 aromatic heterocycles. The molecule has 1 aromatic rings. The first kappa shape index (κ1) is 9.57. The Morgan fingerprint density at radius 2 is 2.08 bits per heavy atom. The maximum absolute atomic E-state index is 9.65. The van der Waals surface area contributed by atoms with Gasteiger partial charge in [0.1, 0.15) is 0 Å². The Labute approximate surface area is 78.7 Å². The average Bonchev–Trinajstić information content (AvgIpc) is 2.19. The molecule has 0 aliphatic heterocycles. The third kappa shape index (κ3) is 2.77. The van der Waals surface area contributed by atoms with Crippen LogP contribution in [-0.4, -0.2) is 5.11 Å². The number of aliphatic hydroxyl groups excluding tert-OH is 1. The van der Waals surface area contributed by atoms with Gasteiger partial charge < -0.3 is 5.11 Å². The largest absolute Gasteiger partial charge is 0.384 e. The summed E-state index contributed by atoms with van der Waals surface area (Å²) < 4.78 is 0. The quantitative estimate of drug-likeness (QED) is 0.679. The number of terminal acetylenes is 1. The van der Waals surface area contributed by atoms with E-state index in [1.54, 1.807) is 13.0 Å². The van der Waals surface area contributed by atoms with E-state index in [4.69, 9.17) is 6.42 Å². The van der Waals surface area contributed by atoms with Crippen molar-refractivity contribution in [2.45, 2.75) is 13.0 Å². The first-order chi connectivity index (χ1) is 6.24. The summed E-state index contributed by atoms with van der Waals surface area (Å²) in [7, 11) is 0. The van der Waals surface area contributed by atoms with Gasteiger partial charge in [-0.15, -0.1) is 6.42 Å². The lowest BCUT2D eigenvalue weighted by Crippen LogP contribution is -1.92. The lowest BCUT2D eigenvalue weighted by molar-refractivity contribution is 0.228. The van der Waals surface area contributed by atoms with Gasteiger partial charge in [0, 0.05) is 0 Å². The number of aliphatic hydroxyl groups is 1. The van der Waals surface area contributed by atoms with E-state index < -0.39 is 6.10 Å². The zero-order chi connectivity index (χ0) is 9.68. The van der Waals surface area contributed by atoms with Gasteiger partial charge in [-0.05, 0) is 24.1 Å². The second-order valence-electron chi connectivity index (χ2n) is 2.85. The van der Waals surface area contributed by atoms with Gasteiger partial charge in [0.15, 0.2) is 0 Å². The van der Waals surface area contributed by atoms with Gasteiger partial charge >= 0.3 is 0 Å². The molecule has 13 heavy (non-hydrogen) atoms. The van der Waals surface area contributed by atoms with E-state index in [9.17, 15) is 5.11 Å². The lowest BCUT2D eigenvalue weighted by Gasteiger charge is -2.05. The Balaban J connectivity index is 2.82. The third-order valence-corrected chi connectivity index (χ3v) is 1.78. The van der Waals surface area contributed by atoms with Crippen LogP contribution in [0.3, 0.4) is 0 Å². The van der Waals surface area contributed by atoms with Gasteiger partial charge in [0.2, 0.25) is 0 Å². The molecule has 0 spiro atoms. The summed E-state index contributed by atoms with van der Waals surface area (Å²) in [5, 5.41) is 9.65. The number of benzene rings is 1. The summed E-state index contributed by atoms with van der Waals surface area (Å²) in [6.07, 6.45) is 6.23. The molecule has 0 fully saturated rings. The van der Waals surface area contributed by atoms with Crippen LogP contribution < -0.4 is 0 Å². The van der Waals surface area contributed by atoms with E-state index in [0.717, 1.165) is 11.1 Å². The standard InChI is InChI=1S/C12H12O/c1-3-10(2)9-12(13)11-7-5-4-6-8-11/h1,4-9,12-13H,2H3/b10-9+. The zero-order valence-corrected chi connectivity index (χ0v) is 7.57. The van der Waals surface area contributed by atoms with Crippen LogP contribution in [0.5, 0.6) is 0 Å². The van der Waals surface area contributed by atoms with Crippen LogP contribution in [0.2, 0.25) is 0 Å². The molecule has 0 heterocycles. The number of hydrogen-bond donors (Lipinski definition) is 1. The van der Waals surface area contributed by atoms with Crippen LogP contribution >= 0.6 is 0 Å². The fourth-order valence-electron chi connectivity index (χ4n) is 1.03. The monoisotopic (exact) mass is 172 g/mol. The highest BCUT2D eigenvalue weighted by Crippen LogP contribution is 2.14. The van der Waals surface area contributed by atoms with Crippen molar-refractivity contribution in [2.75, 3.05) is 0 Å². The predicted molar refractivity (Wildman–Crippen MR) is 54.0 cm³/mol. The van der Waals surface area contributed by atoms with E-state index in [2.05, 4.69) is 5.92 Å². The van der Waals surface area contributed by atoms with E-state index in [0.29, 0.717) is 0 Å². The molecule has 1 atom stereocenters. The molecule has 1 heteroatoms. The van der Waals surface area contributed by atoms with E-state index in [-0.39, 0.29) is 0 Å². The molecule has 0 aliphatic rings. The average molecular weight is 172 g/mol. The SMILES string of the molecule is C#C/C(C)=C/C(O)c1ccccc1. The summed E-state index contributed by atoms with van der Waals surface area (Å²) in [5.74, 6) is 2.47. The van der Waals surface area contributed by atoms with Crippen LogP contribution in [0.4, 0.5) is 0 Å². The molecule has 0 saturated heterocycles. The third-order valence-electron chi connectivity index (χ3n) is 1.78. The van der Waals surface area contributed by atoms with Crippen LogP contribution in [0, 0.1) is 12.3 Å². The highest BCUT2D eigenvalue weighted by molar-refractivity contribution is 5.28. The molecule has 1 rings (SSSR count). The van der Waals surface area contributed by atoms with Crippen molar-refractivity contribution in [2.24, 2.45) is 0 Å². The minimum atomic E-state index is -0.600. The predicted octanol–water partition coefficient (Wildman–Crippen LogP) is 2.30. The smallest absolute Gasteiger partial charge is 0.0983 e. The number of rotatable bonds is 2. The van der Waals surface area contributed by atoms with Crippen molar-refractivity contribution in [3.05, 3.63) is 47.5 Å². The van der Waals surface area contributed by atoms with Crippen molar-refractivity contribution in [1.82, 2.24) is 0 Å². The first-order valence-corrected chi connectivity index (χ1v) is 4.12. The topological polar surface area (TPSA) is 20.2 Å². The van der Waals surface area contributed by atoms with Gasteiger partial charge in [-0.2, -0.15) is 0 Å². The highest BCUT2D eigenvalue weighted by Gasteiger charge is 2.01. The first-order valence-electron chi connectivity index (χ1n) is 4.12. The Morgan fingerprint density at radius 1 is 1.46 bits per heavy atom. The molecule has 0 bridgehead atoms. The molecule has 1 unspecified atom stereocenters. The Morgan fingerprint density at radius 3 is 2.62 bits per heavy atom. The van der Waals surface area contributed by atoms with Gasteiger partial charge in [-0.1, -0.05) is 36.3 Å². The molecule has 66 valence electrons. The maximum Gasteiger partial charge on any atom is 0.0983 e. The van der Waals surface area contributed by atoms with Gasteiger partial charge in [-0.3, -0.25) is 0 Å². The molecule has 1 N–H and O–H groups in total. The Kier molecular flexibility index (Phi) is 3.31. The minimum absolute atomic E-state index is 0.600. The van der Waals surface area contributed by atoms with E-state index >= 15 is 0 Å². The summed E-state index contributed by atoms with van der Waals surface area (Å²) in [6.45, 7) is 1.80. The van der Waals surface area contributed by atoms with E-state index in [1.165, 1.54) is 0 Å². The van der Waals surface area contributed by atoms with Crippen molar-refractivity contribution in [1.29, 1.82) is 0 Å². The van der Waals surface area contributed by atoms with E-state index in [1.807, 2.05) is 30.3 Å². The summed E-state index contributed by atoms with van der Waals surface area (Å²) in [4.78, 5) is 0. The van der Waals surface area contributed by atoms with Crippen molar-refractivity contribution < 1.29 is 5.11 Å². The summed E-state index contributed by atoms with van der Waals surface area (Å²) in [5.41, 5.74) is 1.61. The number of allylic oxidation sites excluding steroid dienone is 1. The minimum Gasteiger partial charge on any atom is -0.384 e. The summed E-state index contributed by atoms with van der Waals surface area (Å²) >= 11 is 0. The normalized spacial score (nSPS) is 13.5. The van der Waals surface area contributed by atoms with Crippen LogP contribution in [0.1, 0.15) is 18.6 Å². The van der Waals surface area contributed by atoms with Crippen molar-refractivity contribution in [3.63, 3.8) is 0 Å². The Bertz CT molecular complexity index is 330. The molecule has 0 saturated carbocycles. The van der Waals surface area contributed by atoms with Crippen molar-refractivity contribution >= 4 is 0 Å². The molecule has 0 radical (unpaired) electrons. The fraction of sp³-hybridized carbons (Fsp3) is 0.167. The molecule has 1 aromatic carbocycles. The van der Waals surface area contributed by atoms with Crippen molar-refractivity contribution in [3.8, 4) is 12.3 Å². The molecule has 0 amide bonds. The van der Waals surface area contributed by atoms with Gasteiger partial charge in [0.05, 0.1) is 6.10 Å². The second-order valence-corrected chi connectivity index (χ2v) is 2.85. The maximum atomic E-state index is 9.65. The molecule has 1 nitrogen and oxygen atoms in total. The second kappa shape index (κ2) is 4.49. The molecular weight excluding hydrogens is 160 g/mol. The van der Waals surface area contributed by atoms with Crippen LogP contribution in [-0.2, 0) is 0 Å². The number of hydrogen-bond acceptors (Lipinski definition) is 1.